The van der Waals surface area contributed by atoms with Crippen molar-refractivity contribution in [2.75, 3.05) is 12.3 Å². The fraction of sp³-hybridized carbons (Fsp3) is 0.500. The van der Waals surface area contributed by atoms with Gasteiger partial charge in [-0.05, 0) is 38.5 Å². The van der Waals surface area contributed by atoms with Crippen molar-refractivity contribution in [2.45, 2.75) is 38.6 Å². The van der Waals surface area contributed by atoms with Gasteiger partial charge in [-0.1, -0.05) is 6.07 Å². The number of aliphatic hydroxyl groups excluding tert-OH is 2. The molecule has 0 aliphatic carbocycles. The molecule has 118 valence electrons. The molecule has 7 heteroatoms. The third-order valence-electron chi connectivity index (χ3n) is 2.58. The van der Waals surface area contributed by atoms with Gasteiger partial charge >= 0.3 is 6.09 Å². The Morgan fingerprint density at radius 2 is 2.05 bits per heavy atom. The molecule has 0 bridgehead atoms. The summed E-state index contributed by atoms with van der Waals surface area (Å²) in [6.45, 7) is 4.91. The highest BCUT2D eigenvalue weighted by Gasteiger charge is 2.22. The van der Waals surface area contributed by atoms with E-state index in [2.05, 4.69) is 5.32 Å². The van der Waals surface area contributed by atoms with Gasteiger partial charge in [0.05, 0.1) is 5.69 Å². The Bertz CT molecular complexity index is 502. The van der Waals surface area contributed by atoms with Crippen LogP contribution in [0, 0.1) is 5.82 Å². The number of nitrogens with two attached hydrogens (primary N) is 1. The molecule has 1 amide bonds. The standard InChI is InChI=1S/C14H21FN2O4/c1-14(2,3)21-13(20)17-7-11(18)12(19)8-4-5-9(15)10(16)6-8/h4-6,11-12,18-19H,7,16H2,1-3H3,(H,17,20). The minimum absolute atomic E-state index is 0.126. The quantitative estimate of drug-likeness (QED) is 0.628. The second-order valence-corrected chi connectivity index (χ2v) is 5.68. The summed E-state index contributed by atoms with van der Waals surface area (Å²) in [5.74, 6) is -0.604. The molecule has 5 N–H and O–H groups in total. The van der Waals surface area contributed by atoms with E-state index in [1.807, 2.05) is 0 Å². The van der Waals surface area contributed by atoms with Crippen LogP contribution in [-0.2, 0) is 4.74 Å². The molecule has 2 atom stereocenters. The average Bonchev–Trinajstić information content (AvgIpc) is 2.36. The Hall–Kier alpha value is -1.86. The summed E-state index contributed by atoms with van der Waals surface area (Å²) in [5.41, 5.74) is 4.87. The van der Waals surface area contributed by atoms with Gasteiger partial charge in [0.2, 0.25) is 0 Å². The van der Waals surface area contributed by atoms with Crippen LogP contribution in [-0.4, -0.2) is 34.6 Å². The number of aliphatic hydroxyl groups is 2. The summed E-state index contributed by atoms with van der Waals surface area (Å²) >= 11 is 0. The van der Waals surface area contributed by atoms with Crippen molar-refractivity contribution in [2.24, 2.45) is 0 Å². The summed E-state index contributed by atoms with van der Waals surface area (Å²) in [5, 5.41) is 22.1. The lowest BCUT2D eigenvalue weighted by molar-refractivity contribution is 0.0129. The number of benzene rings is 1. The molecule has 0 saturated carbocycles. The monoisotopic (exact) mass is 300 g/mol. The number of hydrogen-bond acceptors (Lipinski definition) is 5. The Kier molecular flexibility index (Phi) is 5.51. The van der Waals surface area contributed by atoms with Crippen LogP contribution in [0.15, 0.2) is 18.2 Å². The van der Waals surface area contributed by atoms with Crippen molar-refractivity contribution >= 4 is 11.8 Å². The van der Waals surface area contributed by atoms with Crippen molar-refractivity contribution in [3.8, 4) is 0 Å². The van der Waals surface area contributed by atoms with E-state index in [9.17, 15) is 19.4 Å². The summed E-state index contributed by atoms with van der Waals surface area (Å²) in [6, 6.07) is 3.64. The molecule has 0 fully saturated rings. The van der Waals surface area contributed by atoms with Gasteiger partial charge in [0, 0.05) is 6.54 Å². The molecule has 0 saturated heterocycles. The first-order valence-corrected chi connectivity index (χ1v) is 6.48. The topological polar surface area (TPSA) is 105 Å². The molecule has 1 aromatic rings. The molecule has 0 aliphatic rings. The molecule has 6 nitrogen and oxygen atoms in total. The Labute approximate surface area is 122 Å². The van der Waals surface area contributed by atoms with E-state index in [4.69, 9.17) is 10.5 Å². The summed E-state index contributed by atoms with van der Waals surface area (Å²) in [4.78, 5) is 11.4. The zero-order chi connectivity index (χ0) is 16.2. The number of nitrogen functional groups attached to an aromatic ring is 1. The maximum Gasteiger partial charge on any atom is 0.407 e. The lowest BCUT2D eigenvalue weighted by atomic mass is 10.0. The molecule has 1 rings (SSSR count). The van der Waals surface area contributed by atoms with Gasteiger partial charge in [0.1, 0.15) is 23.6 Å². The number of carbonyl (C=O) groups excluding carboxylic acids is 1. The second kappa shape index (κ2) is 6.73. The SMILES string of the molecule is CC(C)(C)OC(=O)NCC(O)C(O)c1ccc(F)c(N)c1. The first kappa shape index (κ1) is 17.2. The maximum absolute atomic E-state index is 13.0. The summed E-state index contributed by atoms with van der Waals surface area (Å²) < 4.78 is 18.0. The highest BCUT2D eigenvalue weighted by molar-refractivity contribution is 5.67. The van der Waals surface area contributed by atoms with Gasteiger partial charge < -0.3 is 26.0 Å². The molecule has 0 aromatic heterocycles. The smallest absolute Gasteiger partial charge is 0.407 e. The van der Waals surface area contributed by atoms with Crippen LogP contribution in [0.4, 0.5) is 14.9 Å². The number of nitrogens with one attached hydrogen (secondary N) is 1. The first-order valence-electron chi connectivity index (χ1n) is 6.48. The van der Waals surface area contributed by atoms with Crippen LogP contribution < -0.4 is 11.1 Å². The van der Waals surface area contributed by atoms with Gasteiger partial charge in [-0.2, -0.15) is 0 Å². The average molecular weight is 300 g/mol. The Morgan fingerprint density at radius 1 is 1.43 bits per heavy atom. The Morgan fingerprint density at radius 3 is 2.57 bits per heavy atom. The number of amides is 1. The third kappa shape index (κ3) is 5.57. The molecule has 2 unspecified atom stereocenters. The molecule has 0 spiro atoms. The molecule has 0 heterocycles. The van der Waals surface area contributed by atoms with Crippen LogP contribution in [0.3, 0.4) is 0 Å². The highest BCUT2D eigenvalue weighted by atomic mass is 19.1. The zero-order valence-corrected chi connectivity index (χ0v) is 12.3. The summed E-state index contributed by atoms with van der Waals surface area (Å²) in [7, 11) is 0. The number of halogens is 1. The van der Waals surface area contributed by atoms with Crippen LogP contribution in [0.1, 0.15) is 32.4 Å². The van der Waals surface area contributed by atoms with Gasteiger partial charge in [0.15, 0.2) is 0 Å². The third-order valence-corrected chi connectivity index (χ3v) is 2.58. The van der Waals surface area contributed by atoms with Crippen molar-refractivity contribution in [3.05, 3.63) is 29.6 Å². The lowest BCUT2D eigenvalue weighted by Crippen LogP contribution is -2.38. The normalized spacial score (nSPS) is 14.4. The van der Waals surface area contributed by atoms with Gasteiger partial charge in [-0.15, -0.1) is 0 Å². The fourth-order valence-electron chi connectivity index (χ4n) is 1.58. The Balaban J connectivity index is 2.56. The highest BCUT2D eigenvalue weighted by Crippen LogP contribution is 2.21. The summed E-state index contributed by atoms with van der Waals surface area (Å²) in [6.07, 6.45) is -3.28. The predicted octanol–water partition coefficient (Wildman–Crippen LogP) is 1.33. The number of carbonyl (C=O) groups is 1. The largest absolute Gasteiger partial charge is 0.444 e. The van der Waals surface area contributed by atoms with Crippen molar-refractivity contribution in [1.29, 1.82) is 0 Å². The molecule has 0 aliphatic heterocycles. The number of hydrogen-bond donors (Lipinski definition) is 4. The van der Waals surface area contributed by atoms with Gasteiger partial charge in [-0.3, -0.25) is 0 Å². The van der Waals surface area contributed by atoms with Crippen molar-refractivity contribution < 1.29 is 24.1 Å². The van der Waals surface area contributed by atoms with Crippen LogP contribution >= 0.6 is 0 Å². The molecule has 21 heavy (non-hydrogen) atoms. The minimum Gasteiger partial charge on any atom is -0.444 e. The lowest BCUT2D eigenvalue weighted by Gasteiger charge is -2.22. The van der Waals surface area contributed by atoms with Crippen LogP contribution in [0.5, 0.6) is 0 Å². The number of alkyl carbamates (subject to hydrolysis) is 1. The van der Waals surface area contributed by atoms with E-state index < -0.39 is 29.7 Å². The van der Waals surface area contributed by atoms with E-state index in [-0.39, 0.29) is 17.8 Å². The second-order valence-electron chi connectivity index (χ2n) is 5.68. The van der Waals surface area contributed by atoms with E-state index in [0.717, 1.165) is 6.07 Å². The first-order chi connectivity index (χ1) is 9.60. The fourth-order valence-corrected chi connectivity index (χ4v) is 1.58. The number of rotatable bonds is 4. The van der Waals surface area contributed by atoms with Crippen molar-refractivity contribution in [1.82, 2.24) is 5.32 Å². The maximum atomic E-state index is 13.0. The minimum atomic E-state index is -1.30. The zero-order valence-electron chi connectivity index (χ0n) is 12.3. The van der Waals surface area contributed by atoms with Crippen LogP contribution in [0.25, 0.3) is 0 Å². The number of anilines is 1. The number of ether oxygens (including phenoxy) is 1. The molecular weight excluding hydrogens is 279 g/mol. The molecule has 0 radical (unpaired) electrons. The molecular formula is C14H21FN2O4. The van der Waals surface area contributed by atoms with Gasteiger partial charge in [0.25, 0.3) is 0 Å². The van der Waals surface area contributed by atoms with E-state index >= 15 is 0 Å². The van der Waals surface area contributed by atoms with Crippen molar-refractivity contribution in [3.63, 3.8) is 0 Å². The van der Waals surface area contributed by atoms with E-state index in [1.165, 1.54) is 12.1 Å². The van der Waals surface area contributed by atoms with E-state index in [1.54, 1.807) is 20.8 Å². The predicted molar refractivity (Wildman–Crippen MR) is 76.0 cm³/mol. The molecule has 1 aromatic carbocycles. The van der Waals surface area contributed by atoms with Gasteiger partial charge in [-0.25, -0.2) is 9.18 Å². The van der Waals surface area contributed by atoms with Crippen LogP contribution in [0.2, 0.25) is 0 Å². The van der Waals surface area contributed by atoms with E-state index in [0.29, 0.717) is 0 Å².